The van der Waals surface area contributed by atoms with Crippen LogP contribution < -0.4 is 5.73 Å². The minimum Gasteiger partial charge on any atom is -0.489 e. The van der Waals surface area contributed by atoms with Crippen molar-refractivity contribution in [3.63, 3.8) is 0 Å². The van der Waals surface area contributed by atoms with Crippen LogP contribution in [0.2, 0.25) is 0 Å². The fourth-order valence-electron chi connectivity index (χ4n) is 10.5. The van der Waals surface area contributed by atoms with E-state index in [1.807, 2.05) is 0 Å². The third-order valence-electron chi connectivity index (χ3n) is 13.0. The molecule has 8 heterocycles. The molecule has 0 spiro atoms. The normalized spacial score (nSPS) is 49.7. The number of ether oxygens (including phenoxy) is 7. The maximum Gasteiger partial charge on any atom is 0.172 e. The number of carbonyl (C=O) groups excluding carboxylic acids is 1. The van der Waals surface area contributed by atoms with Gasteiger partial charge in [-0.25, -0.2) is 0 Å². The number of aliphatic hydroxyl groups excluding tert-OH is 2. The molecule has 10 bridgehead atoms. The molecular formula is C38H55NO11. The highest BCUT2D eigenvalue weighted by Crippen LogP contribution is 2.51. The molecule has 50 heavy (non-hydrogen) atoms. The van der Waals surface area contributed by atoms with Gasteiger partial charge in [0.05, 0.1) is 54.9 Å². The predicted molar refractivity (Wildman–Crippen MR) is 178 cm³/mol. The number of hydrogen-bond donors (Lipinski definition) is 4. The zero-order valence-corrected chi connectivity index (χ0v) is 29.1. The highest BCUT2D eigenvalue weighted by molar-refractivity contribution is 5.79. The van der Waals surface area contributed by atoms with Gasteiger partial charge in [-0.05, 0) is 68.1 Å². The molecule has 8 aliphatic rings. The lowest BCUT2D eigenvalue weighted by atomic mass is 9.69. The molecule has 0 aromatic carbocycles. The summed E-state index contributed by atoms with van der Waals surface area (Å²) in [6, 6.07) is 0. The van der Waals surface area contributed by atoms with E-state index in [1.54, 1.807) is 13.2 Å². The lowest BCUT2D eigenvalue weighted by Crippen LogP contribution is -2.55. The maximum atomic E-state index is 13.9. The Bertz CT molecular complexity index is 1360. The third-order valence-corrected chi connectivity index (χ3v) is 13.0. The highest BCUT2D eigenvalue weighted by Gasteiger charge is 2.57. The summed E-state index contributed by atoms with van der Waals surface area (Å²) >= 11 is 0. The molecule has 8 rings (SSSR count). The molecule has 8 aliphatic heterocycles. The van der Waals surface area contributed by atoms with Crippen LogP contribution in [-0.4, -0.2) is 120 Å². The van der Waals surface area contributed by atoms with Crippen LogP contribution in [0.5, 0.6) is 0 Å². The number of rotatable bonds is 4. The fraction of sp³-hybridized carbons (Fsp3) is 0.816. The van der Waals surface area contributed by atoms with Gasteiger partial charge >= 0.3 is 0 Å². The molecule has 12 heteroatoms. The lowest BCUT2D eigenvalue weighted by molar-refractivity contribution is -0.296. The molecule has 1 unspecified atom stereocenters. The van der Waals surface area contributed by atoms with E-state index >= 15 is 0 Å². The molecule has 0 aromatic rings. The summed E-state index contributed by atoms with van der Waals surface area (Å²) in [4.78, 5) is 13.9. The van der Waals surface area contributed by atoms with Crippen molar-refractivity contribution in [1.82, 2.24) is 0 Å². The number of fused-ring (bicyclic) bond motifs is 8. The zero-order valence-electron chi connectivity index (χ0n) is 29.1. The van der Waals surface area contributed by atoms with E-state index in [2.05, 4.69) is 13.2 Å². The van der Waals surface area contributed by atoms with E-state index in [1.165, 1.54) is 0 Å². The average molecular weight is 702 g/mol. The molecular weight excluding hydrogens is 646 g/mol. The van der Waals surface area contributed by atoms with Crippen molar-refractivity contribution >= 4 is 5.78 Å². The van der Waals surface area contributed by atoms with Crippen molar-refractivity contribution < 1.29 is 53.3 Å². The fourth-order valence-corrected chi connectivity index (χ4v) is 10.5. The van der Waals surface area contributed by atoms with Crippen molar-refractivity contribution in [2.75, 3.05) is 13.7 Å². The summed E-state index contributed by atoms with van der Waals surface area (Å²) in [6.07, 6.45) is 1.51. The largest absolute Gasteiger partial charge is 0.489 e. The monoisotopic (exact) mass is 701 g/mol. The second-order valence-electron chi connectivity index (χ2n) is 16.3. The van der Waals surface area contributed by atoms with Crippen LogP contribution in [0.4, 0.5) is 0 Å². The Morgan fingerprint density at radius 1 is 0.980 bits per heavy atom. The topological polar surface area (TPSA) is 168 Å². The van der Waals surface area contributed by atoms with E-state index in [9.17, 15) is 20.1 Å². The van der Waals surface area contributed by atoms with Crippen molar-refractivity contribution in [3.05, 3.63) is 36.1 Å². The highest BCUT2D eigenvalue weighted by atomic mass is 16.7. The van der Waals surface area contributed by atoms with Gasteiger partial charge in [0.15, 0.2) is 5.79 Å². The molecule has 0 aromatic heterocycles. The van der Waals surface area contributed by atoms with Gasteiger partial charge in [-0.3, -0.25) is 4.79 Å². The molecule has 6 saturated heterocycles. The average Bonchev–Trinajstić information content (AvgIpc) is 3.56. The number of nitrogens with two attached hydrogens (primary N) is 1. The summed E-state index contributed by atoms with van der Waals surface area (Å²) < 4.78 is 45.9. The second-order valence-corrected chi connectivity index (χ2v) is 16.3. The van der Waals surface area contributed by atoms with Gasteiger partial charge < -0.3 is 54.2 Å². The molecule has 0 amide bonds. The minimum atomic E-state index is -1.78. The Balaban J connectivity index is 1.20. The number of Topliss-reactive ketones (excluding diaryl/α,β-unsaturated/α-hetero) is 1. The van der Waals surface area contributed by atoms with Gasteiger partial charge in [0, 0.05) is 57.6 Å². The van der Waals surface area contributed by atoms with Gasteiger partial charge in [-0.2, -0.15) is 0 Å². The first-order valence-electron chi connectivity index (χ1n) is 18.9. The van der Waals surface area contributed by atoms with E-state index in [0.717, 1.165) is 24.0 Å². The minimum absolute atomic E-state index is 0.0416. The van der Waals surface area contributed by atoms with Crippen molar-refractivity contribution in [1.29, 1.82) is 0 Å². The first kappa shape index (κ1) is 35.3. The Labute approximate surface area is 294 Å². The van der Waals surface area contributed by atoms with Gasteiger partial charge in [-0.15, -0.1) is 0 Å². The molecule has 17 atom stereocenters. The molecule has 0 aliphatic carbocycles. The van der Waals surface area contributed by atoms with Gasteiger partial charge in [-0.1, -0.05) is 13.2 Å². The van der Waals surface area contributed by atoms with E-state index in [4.69, 9.17) is 38.9 Å². The summed E-state index contributed by atoms with van der Waals surface area (Å²) in [5, 5.41) is 35.0. The Hall–Kier alpha value is -1.71. The van der Waals surface area contributed by atoms with E-state index in [0.29, 0.717) is 50.7 Å². The standard InChI is InChI=1S/C38H55NO11/c1-18-8-24-13-27-25-12-23(4-6-29(18)46-24)45-31(19(25)2)14-32-26(36(44-3)34(49-32)11-21(41)17-39)10-20(40)9-22-5-7-30-37(47-22)35-15-33(48-30)28(42)16-38(27,43)50-35/h15,21-32,34-37,41-43H,1-2,4-14,16-17,39H2,3H3/t21-,22+,23-,24+,25+,26-,27?,28+,29-,30-,31+,32-,34+,35+,36+,37-,38+/m0/s1. The molecule has 278 valence electrons. The maximum absolute atomic E-state index is 13.9. The number of aliphatic hydroxyl groups is 3. The Morgan fingerprint density at radius 3 is 2.58 bits per heavy atom. The number of ketones is 1. The van der Waals surface area contributed by atoms with E-state index < -0.39 is 60.5 Å². The van der Waals surface area contributed by atoms with Crippen LogP contribution in [0.15, 0.2) is 36.1 Å². The number of hydrogen-bond acceptors (Lipinski definition) is 12. The van der Waals surface area contributed by atoms with Crippen LogP contribution in [0.25, 0.3) is 0 Å². The van der Waals surface area contributed by atoms with Crippen molar-refractivity contribution in [2.45, 2.75) is 162 Å². The quantitative estimate of drug-likeness (QED) is 0.317. The van der Waals surface area contributed by atoms with Crippen LogP contribution in [0.1, 0.15) is 77.0 Å². The molecule has 0 radical (unpaired) electrons. The lowest BCUT2D eigenvalue weighted by Gasteiger charge is -2.49. The third kappa shape index (κ3) is 6.56. The Kier molecular flexibility index (Phi) is 9.84. The number of carbonyl (C=O) groups is 1. The predicted octanol–water partition coefficient (Wildman–Crippen LogP) is 2.36. The summed E-state index contributed by atoms with van der Waals surface area (Å²) in [6.45, 7) is 9.08. The van der Waals surface area contributed by atoms with Gasteiger partial charge in [0.1, 0.15) is 36.0 Å². The molecule has 6 fully saturated rings. The molecule has 5 N–H and O–H groups in total. The SMILES string of the molecule is C=C1C[C@@H]2CC3[C@@H]4C[C@H](CC[C@@H]1O2)O[C@H](C[C@@H]1O[C@H](C[C@H](O)CN)[C@H](OC)[C@H]1CC(=O)C[C@H]1CC[C@@H]2OC5=C[C@@H](O[C@]3(O)C[C@H]5O)[C@H]2O1)C4=C. The van der Waals surface area contributed by atoms with E-state index in [-0.39, 0.29) is 73.9 Å². The molecule has 12 nitrogen and oxygen atoms in total. The van der Waals surface area contributed by atoms with Crippen LogP contribution in [0, 0.1) is 17.8 Å². The zero-order chi connectivity index (χ0) is 34.9. The van der Waals surface area contributed by atoms with Crippen molar-refractivity contribution in [2.24, 2.45) is 23.5 Å². The molecule has 0 saturated carbocycles. The smallest absolute Gasteiger partial charge is 0.172 e. The van der Waals surface area contributed by atoms with Crippen LogP contribution in [-0.2, 0) is 38.0 Å². The van der Waals surface area contributed by atoms with Crippen molar-refractivity contribution in [3.8, 4) is 0 Å². The Morgan fingerprint density at radius 2 is 1.78 bits per heavy atom. The van der Waals surface area contributed by atoms with Crippen LogP contribution in [0.3, 0.4) is 0 Å². The summed E-state index contributed by atoms with van der Waals surface area (Å²) in [7, 11) is 1.63. The first-order valence-corrected chi connectivity index (χ1v) is 18.9. The summed E-state index contributed by atoms with van der Waals surface area (Å²) in [5.74, 6) is -2.33. The van der Waals surface area contributed by atoms with Gasteiger partial charge in [0.25, 0.3) is 0 Å². The number of methoxy groups -OCH3 is 1. The summed E-state index contributed by atoms with van der Waals surface area (Å²) in [5.41, 5.74) is 7.68. The van der Waals surface area contributed by atoms with Gasteiger partial charge in [0.2, 0.25) is 0 Å². The second kappa shape index (κ2) is 13.9. The van der Waals surface area contributed by atoms with Crippen LogP contribution >= 0.6 is 0 Å². The first-order chi connectivity index (χ1) is 24.0.